The van der Waals surface area contributed by atoms with Gasteiger partial charge in [-0.05, 0) is 17.8 Å². The Morgan fingerprint density at radius 2 is 2.25 bits per heavy atom. The lowest BCUT2D eigenvalue weighted by Crippen LogP contribution is -2.25. The molecule has 0 unspecified atom stereocenters. The van der Waals surface area contributed by atoms with E-state index in [4.69, 9.17) is 0 Å². The van der Waals surface area contributed by atoms with Crippen LogP contribution in [0.1, 0.15) is 25.7 Å². The molecule has 0 atom stereocenters. The van der Waals surface area contributed by atoms with Gasteiger partial charge in [0.25, 0.3) is 0 Å². The Morgan fingerprint density at radius 3 is 2.75 bits per heavy atom. The van der Waals surface area contributed by atoms with Gasteiger partial charge in [-0.15, -0.1) is 0 Å². The lowest BCUT2D eigenvalue weighted by molar-refractivity contribution is -0.394. The summed E-state index contributed by atoms with van der Waals surface area (Å²) in [5, 5.41) is 15.2. The van der Waals surface area contributed by atoms with E-state index in [9.17, 15) is 10.1 Å². The van der Waals surface area contributed by atoms with Gasteiger partial charge in [-0.25, -0.2) is 0 Å². The summed E-state index contributed by atoms with van der Waals surface area (Å²) >= 11 is 3.53. The van der Waals surface area contributed by atoms with Crippen LogP contribution in [0.15, 0.2) is 6.33 Å². The minimum Gasteiger partial charge on any atom is -0.390 e. The molecule has 0 spiro atoms. The Morgan fingerprint density at radius 1 is 1.56 bits per heavy atom. The van der Waals surface area contributed by atoms with E-state index in [0.29, 0.717) is 6.54 Å². The highest BCUT2D eigenvalue weighted by molar-refractivity contribution is 9.09. The summed E-state index contributed by atoms with van der Waals surface area (Å²) in [6.07, 6.45) is 6.18. The topological polar surface area (TPSA) is 73.8 Å². The molecule has 0 saturated heterocycles. The van der Waals surface area contributed by atoms with Gasteiger partial charge in [-0.3, -0.25) is 0 Å². The lowest BCUT2D eigenvalue weighted by atomic mass is 9.89. The van der Waals surface area contributed by atoms with Crippen LogP contribution in [0.25, 0.3) is 0 Å². The molecule has 1 aliphatic rings. The molecule has 6 nitrogen and oxygen atoms in total. The highest BCUT2D eigenvalue weighted by Crippen LogP contribution is 2.40. The number of hydrogen-bond acceptors (Lipinski definition) is 4. The van der Waals surface area contributed by atoms with Gasteiger partial charge in [0.1, 0.15) is 0 Å². The average molecular weight is 289 g/mol. The van der Waals surface area contributed by atoms with E-state index in [1.54, 1.807) is 4.68 Å². The molecule has 2 rings (SSSR count). The van der Waals surface area contributed by atoms with Crippen molar-refractivity contribution in [3.63, 3.8) is 0 Å². The van der Waals surface area contributed by atoms with E-state index in [0.717, 1.165) is 18.2 Å². The van der Waals surface area contributed by atoms with Crippen molar-refractivity contribution in [3.8, 4) is 0 Å². The van der Waals surface area contributed by atoms with Gasteiger partial charge in [0.2, 0.25) is 6.33 Å². The monoisotopic (exact) mass is 288 g/mol. The predicted octanol–water partition coefficient (Wildman–Crippen LogP) is 2.14. The van der Waals surface area contributed by atoms with Gasteiger partial charge in [0, 0.05) is 15.8 Å². The fourth-order valence-electron chi connectivity index (χ4n) is 2.25. The van der Waals surface area contributed by atoms with Crippen LogP contribution in [0.5, 0.6) is 0 Å². The van der Waals surface area contributed by atoms with Crippen molar-refractivity contribution in [1.29, 1.82) is 0 Å². The number of nitrogens with zero attached hydrogens (tertiary/aromatic N) is 4. The van der Waals surface area contributed by atoms with Gasteiger partial charge in [-0.1, -0.05) is 33.8 Å². The minimum atomic E-state index is -0.564. The van der Waals surface area contributed by atoms with Crippen LogP contribution in [0, 0.1) is 15.5 Å². The Kier molecular flexibility index (Phi) is 3.22. The fourth-order valence-corrected chi connectivity index (χ4v) is 2.99. The summed E-state index contributed by atoms with van der Waals surface area (Å²) in [5.41, 5.74) is 0.196. The second kappa shape index (κ2) is 4.48. The van der Waals surface area contributed by atoms with Crippen LogP contribution in [-0.2, 0) is 6.54 Å². The summed E-state index contributed by atoms with van der Waals surface area (Å²) in [5.74, 6) is -0.317. The van der Waals surface area contributed by atoms with E-state index in [2.05, 4.69) is 26.0 Å². The first-order valence-electron chi connectivity index (χ1n) is 5.25. The number of halogens is 1. The Balaban J connectivity index is 2.10. The predicted molar refractivity (Wildman–Crippen MR) is 61.4 cm³/mol. The maximum atomic E-state index is 10.5. The first-order valence-corrected chi connectivity index (χ1v) is 6.37. The normalized spacial score (nSPS) is 18.8. The summed E-state index contributed by atoms with van der Waals surface area (Å²) < 4.78 is 1.59. The molecule has 1 fully saturated rings. The molecule has 1 aromatic heterocycles. The third-order valence-electron chi connectivity index (χ3n) is 3.13. The smallest absolute Gasteiger partial charge is 0.390 e. The van der Waals surface area contributed by atoms with Crippen molar-refractivity contribution in [2.75, 3.05) is 5.33 Å². The highest BCUT2D eigenvalue weighted by atomic mass is 79.9. The molecule has 0 amide bonds. The molecule has 0 N–H and O–H groups in total. The van der Waals surface area contributed by atoms with Crippen LogP contribution in [0.4, 0.5) is 5.95 Å². The molecule has 88 valence electrons. The number of aromatic nitrogens is 3. The average Bonchev–Trinajstić information content (AvgIpc) is 2.88. The fraction of sp³-hybridized carbons (Fsp3) is 0.778. The molecule has 0 aliphatic heterocycles. The first-order chi connectivity index (χ1) is 7.65. The van der Waals surface area contributed by atoms with Gasteiger partial charge in [0.15, 0.2) is 0 Å². The third-order valence-corrected chi connectivity index (χ3v) is 4.32. The summed E-state index contributed by atoms with van der Waals surface area (Å²) in [6, 6.07) is 0. The Bertz CT molecular complexity index is 387. The molecule has 1 aromatic rings. The molecule has 0 radical (unpaired) electrons. The Labute approximate surface area is 101 Å². The first kappa shape index (κ1) is 11.5. The molecule has 7 heteroatoms. The van der Waals surface area contributed by atoms with Crippen molar-refractivity contribution in [2.45, 2.75) is 32.2 Å². The second-order valence-electron chi connectivity index (χ2n) is 4.34. The third kappa shape index (κ3) is 2.23. The molecule has 0 aromatic carbocycles. The van der Waals surface area contributed by atoms with Crippen LogP contribution in [0.3, 0.4) is 0 Å². The van der Waals surface area contributed by atoms with E-state index >= 15 is 0 Å². The van der Waals surface area contributed by atoms with Gasteiger partial charge < -0.3 is 10.1 Å². The maximum Gasteiger partial charge on any atom is 0.490 e. The van der Waals surface area contributed by atoms with Crippen molar-refractivity contribution < 1.29 is 4.92 Å². The zero-order chi connectivity index (χ0) is 11.6. The zero-order valence-corrected chi connectivity index (χ0v) is 10.4. The number of rotatable bonds is 4. The van der Waals surface area contributed by atoms with E-state index in [1.165, 1.54) is 19.2 Å². The molecule has 1 aliphatic carbocycles. The number of nitro groups is 1. The summed E-state index contributed by atoms with van der Waals surface area (Å²) in [7, 11) is 0. The molecular formula is C9H13BrN4O2. The van der Waals surface area contributed by atoms with Crippen LogP contribution < -0.4 is 0 Å². The number of hydrogen-bond donors (Lipinski definition) is 0. The molecule has 1 saturated carbocycles. The minimum absolute atomic E-state index is 0.196. The zero-order valence-electron chi connectivity index (χ0n) is 8.80. The molecule has 16 heavy (non-hydrogen) atoms. The van der Waals surface area contributed by atoms with Crippen LogP contribution in [-0.4, -0.2) is 25.0 Å². The van der Waals surface area contributed by atoms with E-state index in [-0.39, 0.29) is 11.4 Å². The Hall–Kier alpha value is -0.980. The SMILES string of the molecule is O=[N+]([O-])c1ncn(CC2(CBr)CCCC2)n1. The number of alkyl halides is 1. The standard InChI is InChI=1S/C9H13BrN4O2/c10-5-9(3-1-2-4-9)6-13-7-11-8(12-13)14(15)16/h7H,1-6H2. The van der Waals surface area contributed by atoms with Crippen molar-refractivity contribution in [2.24, 2.45) is 5.41 Å². The van der Waals surface area contributed by atoms with Gasteiger partial charge in [0.05, 0.1) is 6.54 Å². The quantitative estimate of drug-likeness (QED) is 0.483. The summed E-state index contributed by atoms with van der Waals surface area (Å²) in [4.78, 5) is 13.6. The van der Waals surface area contributed by atoms with Gasteiger partial charge >= 0.3 is 5.95 Å². The maximum absolute atomic E-state index is 10.5. The van der Waals surface area contributed by atoms with E-state index < -0.39 is 4.92 Å². The largest absolute Gasteiger partial charge is 0.490 e. The lowest BCUT2D eigenvalue weighted by Gasteiger charge is -2.24. The van der Waals surface area contributed by atoms with Crippen molar-refractivity contribution in [1.82, 2.24) is 14.8 Å². The molecule has 1 heterocycles. The second-order valence-corrected chi connectivity index (χ2v) is 4.90. The van der Waals surface area contributed by atoms with Crippen LogP contribution in [0.2, 0.25) is 0 Å². The summed E-state index contributed by atoms with van der Waals surface area (Å²) in [6.45, 7) is 0.707. The molecule has 0 bridgehead atoms. The van der Waals surface area contributed by atoms with Gasteiger partial charge in [-0.2, -0.15) is 4.68 Å². The van der Waals surface area contributed by atoms with Crippen molar-refractivity contribution >= 4 is 21.9 Å². The van der Waals surface area contributed by atoms with Crippen molar-refractivity contribution in [3.05, 3.63) is 16.4 Å². The van der Waals surface area contributed by atoms with E-state index in [1.807, 2.05) is 0 Å². The van der Waals surface area contributed by atoms with Crippen LogP contribution >= 0.6 is 15.9 Å². The highest BCUT2D eigenvalue weighted by Gasteiger charge is 2.34. The molecular weight excluding hydrogens is 276 g/mol.